The van der Waals surface area contributed by atoms with E-state index in [1.807, 2.05) is 0 Å². The van der Waals surface area contributed by atoms with Gasteiger partial charge in [-0.2, -0.15) is 11.8 Å². The number of carbonyl (C=O) groups excluding carboxylic acids is 2. The van der Waals surface area contributed by atoms with Crippen molar-refractivity contribution in [3.8, 4) is 0 Å². The molecule has 0 spiro atoms. The van der Waals surface area contributed by atoms with E-state index in [1.54, 1.807) is 0 Å². The van der Waals surface area contributed by atoms with Gasteiger partial charge in [0.25, 0.3) is 0 Å². The minimum Gasteiger partial charge on any atom is -0.326 e. The van der Waals surface area contributed by atoms with Crippen LogP contribution in [0.2, 0.25) is 0 Å². The van der Waals surface area contributed by atoms with Gasteiger partial charge in [-0.3, -0.25) is 9.59 Å². The molecule has 2 amide bonds. The van der Waals surface area contributed by atoms with Crippen molar-refractivity contribution >= 4 is 35.0 Å². The van der Waals surface area contributed by atoms with Crippen molar-refractivity contribution in [3.05, 3.63) is 24.0 Å². The fourth-order valence-electron chi connectivity index (χ4n) is 1.50. The summed E-state index contributed by atoms with van der Waals surface area (Å²) in [5.41, 5.74) is 0.533. The zero-order valence-electron chi connectivity index (χ0n) is 11.7. The summed E-state index contributed by atoms with van der Waals surface area (Å²) in [6.07, 6.45) is 2.15. The molecule has 110 valence electrons. The second kappa shape index (κ2) is 8.58. The maximum absolute atomic E-state index is 13.6. The van der Waals surface area contributed by atoms with Crippen molar-refractivity contribution in [2.75, 3.05) is 22.1 Å². The lowest BCUT2D eigenvalue weighted by Crippen LogP contribution is -2.16. The second-order valence-corrected chi connectivity index (χ2v) is 5.44. The fourth-order valence-corrected chi connectivity index (χ4v) is 2.39. The summed E-state index contributed by atoms with van der Waals surface area (Å²) in [6, 6.07) is 4.07. The molecule has 0 bridgehead atoms. The number of amides is 2. The Labute approximate surface area is 122 Å². The highest BCUT2D eigenvalue weighted by Crippen LogP contribution is 2.20. The Kier molecular flexibility index (Phi) is 7.08. The molecular weight excluding hydrogens is 279 g/mol. The molecule has 0 saturated heterocycles. The van der Waals surface area contributed by atoms with Gasteiger partial charge in [0.05, 0.1) is 11.4 Å². The number of nitrogens with one attached hydrogen (secondary N) is 2. The smallest absolute Gasteiger partial charge is 0.234 e. The lowest BCUT2D eigenvalue weighted by atomic mass is 10.2. The van der Waals surface area contributed by atoms with Crippen LogP contribution in [0, 0.1) is 5.82 Å². The predicted molar refractivity (Wildman–Crippen MR) is 81.6 cm³/mol. The topological polar surface area (TPSA) is 58.2 Å². The highest BCUT2D eigenvalue weighted by atomic mass is 32.2. The van der Waals surface area contributed by atoms with Crippen molar-refractivity contribution in [2.24, 2.45) is 0 Å². The molecule has 0 fully saturated rings. The van der Waals surface area contributed by atoms with Crippen LogP contribution in [0.5, 0.6) is 0 Å². The van der Waals surface area contributed by atoms with Crippen LogP contribution < -0.4 is 10.6 Å². The maximum atomic E-state index is 13.6. The van der Waals surface area contributed by atoms with Gasteiger partial charge < -0.3 is 10.6 Å². The first kappa shape index (κ1) is 16.5. The number of unbranched alkanes of at least 4 members (excludes halogenated alkanes) is 1. The van der Waals surface area contributed by atoms with Crippen LogP contribution in [-0.4, -0.2) is 23.3 Å². The molecule has 6 heteroatoms. The van der Waals surface area contributed by atoms with E-state index in [1.165, 1.54) is 36.9 Å². The summed E-state index contributed by atoms with van der Waals surface area (Å²) in [5.74, 6) is 0.197. The Hall–Kier alpha value is -1.56. The lowest BCUT2D eigenvalue weighted by Gasteiger charge is -2.09. The Bertz CT molecular complexity index is 480. The van der Waals surface area contributed by atoms with Crippen LogP contribution in [0.4, 0.5) is 15.8 Å². The van der Waals surface area contributed by atoms with Crippen molar-refractivity contribution < 1.29 is 14.0 Å². The highest BCUT2D eigenvalue weighted by molar-refractivity contribution is 7.99. The first-order valence-electron chi connectivity index (χ1n) is 6.47. The van der Waals surface area contributed by atoms with Crippen LogP contribution in [0.3, 0.4) is 0 Å². The summed E-state index contributed by atoms with van der Waals surface area (Å²) < 4.78 is 13.6. The van der Waals surface area contributed by atoms with Gasteiger partial charge >= 0.3 is 0 Å². The molecule has 0 aliphatic rings. The first-order valence-corrected chi connectivity index (χ1v) is 7.63. The molecule has 20 heavy (non-hydrogen) atoms. The third-order valence-electron chi connectivity index (χ3n) is 2.44. The average molecular weight is 298 g/mol. The first-order chi connectivity index (χ1) is 9.52. The monoisotopic (exact) mass is 298 g/mol. The average Bonchev–Trinajstić information content (AvgIpc) is 2.38. The van der Waals surface area contributed by atoms with E-state index in [4.69, 9.17) is 0 Å². The summed E-state index contributed by atoms with van der Waals surface area (Å²) >= 11 is 1.52. The normalized spacial score (nSPS) is 10.2. The quantitative estimate of drug-likeness (QED) is 0.760. The third kappa shape index (κ3) is 6.06. The predicted octanol–water partition coefficient (Wildman–Crippen LogP) is 3.26. The van der Waals surface area contributed by atoms with Gasteiger partial charge in [0.1, 0.15) is 5.82 Å². The van der Waals surface area contributed by atoms with Gasteiger partial charge in [-0.15, -0.1) is 0 Å². The summed E-state index contributed by atoms with van der Waals surface area (Å²) in [6.45, 7) is 3.45. The summed E-state index contributed by atoms with van der Waals surface area (Å²) in [5, 5.41) is 5.06. The molecule has 0 saturated carbocycles. The van der Waals surface area contributed by atoms with Crippen molar-refractivity contribution in [2.45, 2.75) is 26.7 Å². The summed E-state index contributed by atoms with van der Waals surface area (Å²) in [7, 11) is 0. The number of rotatable bonds is 7. The molecule has 0 aliphatic carbocycles. The van der Waals surface area contributed by atoms with Crippen LogP contribution in [-0.2, 0) is 9.59 Å². The van der Waals surface area contributed by atoms with Crippen LogP contribution in [0.25, 0.3) is 0 Å². The molecule has 1 rings (SSSR count). The molecule has 0 aromatic heterocycles. The molecule has 4 nitrogen and oxygen atoms in total. The Morgan fingerprint density at radius 1 is 1.30 bits per heavy atom. The Morgan fingerprint density at radius 3 is 2.70 bits per heavy atom. The molecule has 0 unspecified atom stereocenters. The number of anilines is 2. The van der Waals surface area contributed by atoms with E-state index in [2.05, 4.69) is 17.6 Å². The minimum atomic E-state index is -0.522. The van der Waals surface area contributed by atoms with Crippen molar-refractivity contribution in [1.29, 1.82) is 0 Å². The van der Waals surface area contributed by atoms with Gasteiger partial charge in [0, 0.05) is 12.6 Å². The van der Waals surface area contributed by atoms with E-state index in [0.717, 1.165) is 18.6 Å². The van der Waals surface area contributed by atoms with Crippen molar-refractivity contribution in [3.63, 3.8) is 0 Å². The van der Waals surface area contributed by atoms with E-state index < -0.39 is 5.82 Å². The number of hydrogen-bond acceptors (Lipinski definition) is 3. The Morgan fingerprint density at radius 2 is 2.05 bits per heavy atom. The minimum absolute atomic E-state index is 0.0809. The van der Waals surface area contributed by atoms with Crippen LogP contribution >= 0.6 is 11.8 Å². The van der Waals surface area contributed by atoms with E-state index in [0.29, 0.717) is 11.4 Å². The zero-order chi connectivity index (χ0) is 15.0. The number of halogens is 1. The van der Waals surface area contributed by atoms with Gasteiger partial charge in [-0.1, -0.05) is 13.3 Å². The number of thioether (sulfide) groups is 1. The largest absolute Gasteiger partial charge is 0.326 e. The zero-order valence-corrected chi connectivity index (χ0v) is 12.5. The molecule has 1 aromatic rings. The number of hydrogen-bond donors (Lipinski definition) is 2. The van der Waals surface area contributed by atoms with Crippen molar-refractivity contribution in [1.82, 2.24) is 0 Å². The maximum Gasteiger partial charge on any atom is 0.234 e. The van der Waals surface area contributed by atoms with Gasteiger partial charge in [0.15, 0.2) is 0 Å². The number of benzene rings is 1. The molecule has 0 heterocycles. The summed E-state index contributed by atoms with van der Waals surface area (Å²) in [4.78, 5) is 22.6. The second-order valence-electron chi connectivity index (χ2n) is 4.33. The SMILES string of the molecule is CCCCSCC(=O)Nc1cc(NC(C)=O)ccc1F. The van der Waals surface area contributed by atoms with Crippen LogP contribution in [0.15, 0.2) is 18.2 Å². The van der Waals surface area contributed by atoms with Crippen LogP contribution in [0.1, 0.15) is 26.7 Å². The molecule has 0 radical (unpaired) electrons. The molecule has 2 N–H and O–H groups in total. The van der Waals surface area contributed by atoms with E-state index in [-0.39, 0.29) is 17.5 Å². The Balaban J connectivity index is 2.57. The van der Waals surface area contributed by atoms with E-state index in [9.17, 15) is 14.0 Å². The molecule has 0 atom stereocenters. The van der Waals surface area contributed by atoms with E-state index >= 15 is 0 Å². The van der Waals surface area contributed by atoms with Gasteiger partial charge in [0.2, 0.25) is 11.8 Å². The number of carbonyl (C=O) groups is 2. The van der Waals surface area contributed by atoms with Gasteiger partial charge in [-0.05, 0) is 30.4 Å². The third-order valence-corrected chi connectivity index (χ3v) is 3.48. The highest BCUT2D eigenvalue weighted by Gasteiger charge is 2.08. The van der Waals surface area contributed by atoms with Gasteiger partial charge in [-0.25, -0.2) is 4.39 Å². The standard InChI is InChI=1S/C14H19FN2O2S/c1-3-4-7-20-9-14(19)17-13-8-11(16-10(2)18)5-6-12(13)15/h5-6,8H,3-4,7,9H2,1-2H3,(H,16,18)(H,17,19). The molecule has 1 aromatic carbocycles. The lowest BCUT2D eigenvalue weighted by molar-refractivity contribution is -0.114. The fraction of sp³-hybridized carbons (Fsp3) is 0.429. The molecular formula is C14H19FN2O2S. The molecule has 0 aliphatic heterocycles.